The molecule has 0 fully saturated rings. The molecule has 1 aromatic carbocycles. The number of nitrogens with zero attached hydrogens (tertiary/aromatic N) is 1. The fourth-order valence-electron chi connectivity index (χ4n) is 1.74. The van der Waals surface area contributed by atoms with Crippen molar-refractivity contribution in [1.29, 1.82) is 0 Å². The Morgan fingerprint density at radius 2 is 2.24 bits per heavy atom. The van der Waals surface area contributed by atoms with Crippen molar-refractivity contribution in [3.63, 3.8) is 0 Å². The summed E-state index contributed by atoms with van der Waals surface area (Å²) in [6.07, 6.45) is 2.66. The van der Waals surface area contributed by atoms with Crippen molar-refractivity contribution in [2.24, 2.45) is 0 Å². The number of anilines is 1. The normalized spacial score (nSPS) is 12.6. The lowest BCUT2D eigenvalue weighted by Crippen LogP contribution is -2.22. The lowest BCUT2D eigenvalue weighted by molar-refractivity contribution is 0.272. The predicted octanol–water partition coefficient (Wildman–Crippen LogP) is 3.18. The standard InChI is InChI=1S/C13H15BrN2O/c1-2-10(8-17)16-13-5-6-15-12-4-3-9(14)7-11(12)13/h3-7,10,17H,2,8H2,1H3,(H,15,16)/t10-/m1/s1. The van der Waals surface area contributed by atoms with E-state index in [1.54, 1.807) is 6.20 Å². The summed E-state index contributed by atoms with van der Waals surface area (Å²) in [5.41, 5.74) is 1.96. The number of benzene rings is 1. The first kappa shape index (κ1) is 12.3. The second-order valence-electron chi connectivity index (χ2n) is 3.95. The van der Waals surface area contributed by atoms with Crippen LogP contribution in [0.25, 0.3) is 10.9 Å². The number of aliphatic hydroxyl groups is 1. The van der Waals surface area contributed by atoms with Crippen LogP contribution in [0, 0.1) is 0 Å². The van der Waals surface area contributed by atoms with Gasteiger partial charge >= 0.3 is 0 Å². The highest BCUT2D eigenvalue weighted by Gasteiger charge is 2.07. The Balaban J connectivity index is 2.42. The fraction of sp³-hybridized carbons (Fsp3) is 0.308. The molecular formula is C13H15BrN2O. The van der Waals surface area contributed by atoms with E-state index in [1.807, 2.05) is 31.2 Å². The minimum atomic E-state index is 0.0829. The fourth-order valence-corrected chi connectivity index (χ4v) is 2.10. The molecule has 4 heteroatoms. The first-order valence-electron chi connectivity index (χ1n) is 5.66. The van der Waals surface area contributed by atoms with Gasteiger partial charge in [-0.2, -0.15) is 0 Å². The average Bonchev–Trinajstić information content (AvgIpc) is 2.36. The number of nitrogens with one attached hydrogen (secondary N) is 1. The lowest BCUT2D eigenvalue weighted by atomic mass is 10.1. The van der Waals surface area contributed by atoms with Crippen molar-refractivity contribution in [3.8, 4) is 0 Å². The van der Waals surface area contributed by atoms with Crippen LogP contribution >= 0.6 is 15.9 Å². The van der Waals surface area contributed by atoms with Crippen molar-refractivity contribution >= 4 is 32.5 Å². The van der Waals surface area contributed by atoms with E-state index in [-0.39, 0.29) is 12.6 Å². The third kappa shape index (κ3) is 2.76. The molecule has 1 aromatic heterocycles. The van der Waals surface area contributed by atoms with Crippen LogP contribution in [0.5, 0.6) is 0 Å². The molecule has 1 atom stereocenters. The third-order valence-electron chi connectivity index (χ3n) is 2.78. The topological polar surface area (TPSA) is 45.1 Å². The van der Waals surface area contributed by atoms with Gasteiger partial charge in [-0.25, -0.2) is 0 Å². The molecule has 2 N–H and O–H groups in total. The lowest BCUT2D eigenvalue weighted by Gasteiger charge is -2.17. The summed E-state index contributed by atoms with van der Waals surface area (Å²) >= 11 is 3.46. The predicted molar refractivity (Wildman–Crippen MR) is 74.2 cm³/mol. The van der Waals surface area contributed by atoms with E-state index < -0.39 is 0 Å². The number of fused-ring (bicyclic) bond motifs is 1. The molecule has 0 saturated carbocycles. The number of hydrogen-bond donors (Lipinski definition) is 2. The van der Waals surface area contributed by atoms with E-state index in [9.17, 15) is 5.11 Å². The summed E-state index contributed by atoms with van der Waals surface area (Å²) in [5, 5.41) is 13.6. The smallest absolute Gasteiger partial charge is 0.0723 e. The molecule has 0 aliphatic rings. The summed E-state index contributed by atoms with van der Waals surface area (Å²) in [7, 11) is 0. The highest BCUT2D eigenvalue weighted by Crippen LogP contribution is 2.25. The summed E-state index contributed by atoms with van der Waals surface area (Å²) < 4.78 is 1.03. The molecule has 3 nitrogen and oxygen atoms in total. The first-order valence-corrected chi connectivity index (χ1v) is 6.45. The number of rotatable bonds is 4. The number of pyridine rings is 1. The minimum absolute atomic E-state index is 0.0829. The van der Waals surface area contributed by atoms with Crippen LogP contribution in [0.2, 0.25) is 0 Å². The van der Waals surface area contributed by atoms with E-state index >= 15 is 0 Å². The van der Waals surface area contributed by atoms with Crippen LogP contribution in [0.15, 0.2) is 34.9 Å². The van der Waals surface area contributed by atoms with E-state index in [1.165, 1.54) is 0 Å². The summed E-state index contributed by atoms with van der Waals surface area (Å²) in [4.78, 5) is 4.32. The largest absolute Gasteiger partial charge is 0.394 e. The molecule has 0 saturated heterocycles. The van der Waals surface area contributed by atoms with Gasteiger partial charge in [-0.1, -0.05) is 22.9 Å². The van der Waals surface area contributed by atoms with Crippen LogP contribution in [0.4, 0.5) is 5.69 Å². The zero-order valence-electron chi connectivity index (χ0n) is 9.65. The van der Waals surface area contributed by atoms with Gasteiger partial charge in [0, 0.05) is 27.8 Å². The van der Waals surface area contributed by atoms with Crippen molar-refractivity contribution in [3.05, 3.63) is 34.9 Å². The first-order chi connectivity index (χ1) is 8.24. The second-order valence-corrected chi connectivity index (χ2v) is 4.87. The van der Waals surface area contributed by atoms with Gasteiger partial charge in [0.1, 0.15) is 0 Å². The summed E-state index contributed by atoms with van der Waals surface area (Å²) in [6, 6.07) is 8.01. The van der Waals surface area contributed by atoms with E-state index in [4.69, 9.17) is 0 Å². The molecule has 17 heavy (non-hydrogen) atoms. The zero-order valence-corrected chi connectivity index (χ0v) is 11.2. The summed E-state index contributed by atoms with van der Waals surface area (Å²) in [6.45, 7) is 2.18. The molecule has 0 bridgehead atoms. The van der Waals surface area contributed by atoms with Gasteiger partial charge in [-0.15, -0.1) is 0 Å². The molecule has 0 aliphatic heterocycles. The van der Waals surface area contributed by atoms with Crippen LogP contribution in [-0.2, 0) is 0 Å². The van der Waals surface area contributed by atoms with Crippen molar-refractivity contribution in [1.82, 2.24) is 4.98 Å². The quantitative estimate of drug-likeness (QED) is 0.910. The molecule has 0 unspecified atom stereocenters. The van der Waals surface area contributed by atoms with Crippen LogP contribution in [-0.4, -0.2) is 22.7 Å². The Kier molecular flexibility index (Phi) is 3.97. The SMILES string of the molecule is CC[C@H](CO)Nc1ccnc2ccc(Br)cc12. The Labute approximate surface area is 109 Å². The van der Waals surface area contributed by atoms with Crippen LogP contribution < -0.4 is 5.32 Å². The van der Waals surface area contributed by atoms with Crippen LogP contribution in [0.3, 0.4) is 0 Å². The maximum atomic E-state index is 9.23. The number of aromatic nitrogens is 1. The van der Waals surface area contributed by atoms with Gasteiger partial charge in [0.05, 0.1) is 12.1 Å². The molecular weight excluding hydrogens is 280 g/mol. The maximum Gasteiger partial charge on any atom is 0.0723 e. The van der Waals surface area contributed by atoms with Gasteiger partial charge in [-0.3, -0.25) is 4.98 Å². The molecule has 0 aliphatic carbocycles. The van der Waals surface area contributed by atoms with Gasteiger partial charge in [-0.05, 0) is 30.7 Å². The monoisotopic (exact) mass is 294 g/mol. The average molecular weight is 295 g/mol. The Morgan fingerprint density at radius 1 is 1.41 bits per heavy atom. The van der Waals surface area contributed by atoms with E-state index in [0.29, 0.717) is 0 Å². The van der Waals surface area contributed by atoms with E-state index in [2.05, 4.69) is 26.2 Å². The molecule has 2 rings (SSSR count). The summed E-state index contributed by atoms with van der Waals surface area (Å²) in [5.74, 6) is 0. The van der Waals surface area contributed by atoms with Gasteiger partial charge in [0.15, 0.2) is 0 Å². The highest BCUT2D eigenvalue weighted by atomic mass is 79.9. The van der Waals surface area contributed by atoms with Gasteiger partial charge < -0.3 is 10.4 Å². The second kappa shape index (κ2) is 5.47. The van der Waals surface area contributed by atoms with Crippen molar-refractivity contribution in [2.45, 2.75) is 19.4 Å². The van der Waals surface area contributed by atoms with E-state index in [0.717, 1.165) is 27.5 Å². The van der Waals surface area contributed by atoms with Crippen molar-refractivity contribution in [2.75, 3.05) is 11.9 Å². The number of hydrogen-bond acceptors (Lipinski definition) is 3. The number of aliphatic hydroxyl groups excluding tert-OH is 1. The molecule has 2 aromatic rings. The van der Waals surface area contributed by atoms with Crippen LogP contribution in [0.1, 0.15) is 13.3 Å². The molecule has 1 heterocycles. The Hall–Kier alpha value is -1.13. The maximum absolute atomic E-state index is 9.23. The number of halogens is 1. The molecule has 90 valence electrons. The Morgan fingerprint density at radius 3 is 2.94 bits per heavy atom. The zero-order chi connectivity index (χ0) is 12.3. The van der Waals surface area contributed by atoms with Gasteiger partial charge in [0.2, 0.25) is 0 Å². The third-order valence-corrected chi connectivity index (χ3v) is 3.27. The van der Waals surface area contributed by atoms with Crippen molar-refractivity contribution < 1.29 is 5.11 Å². The molecule has 0 amide bonds. The molecule has 0 spiro atoms. The highest BCUT2D eigenvalue weighted by molar-refractivity contribution is 9.10. The Bertz CT molecular complexity index is 512. The van der Waals surface area contributed by atoms with Gasteiger partial charge in [0.25, 0.3) is 0 Å². The molecule has 0 radical (unpaired) electrons. The minimum Gasteiger partial charge on any atom is -0.394 e.